The Morgan fingerprint density at radius 3 is 2.52 bits per heavy atom. The van der Waals surface area contributed by atoms with Gasteiger partial charge in [0, 0.05) is 5.69 Å². The summed E-state index contributed by atoms with van der Waals surface area (Å²) in [5.41, 5.74) is 1.93. The van der Waals surface area contributed by atoms with Gasteiger partial charge < -0.3 is 10.2 Å². The summed E-state index contributed by atoms with van der Waals surface area (Å²) in [6, 6.07) is 0. The van der Waals surface area contributed by atoms with Gasteiger partial charge in [-0.3, -0.25) is 19.4 Å². The molecule has 8 heteroatoms. The number of β-amino-alcohol motifs (C(OH)–C–C–N with tert-alkyl or cyclic N) is 1. The molecule has 1 aromatic heterocycles. The zero-order chi connectivity index (χ0) is 17.0. The van der Waals surface area contributed by atoms with Gasteiger partial charge in [-0.1, -0.05) is 6.08 Å². The van der Waals surface area contributed by atoms with Crippen molar-refractivity contribution < 1.29 is 15.0 Å². The summed E-state index contributed by atoms with van der Waals surface area (Å²) < 4.78 is 1.33. The highest BCUT2D eigenvalue weighted by Crippen LogP contribution is 2.14. The molecule has 3 N–H and O–H groups in total. The van der Waals surface area contributed by atoms with Crippen LogP contribution in [0.3, 0.4) is 0 Å². The maximum Gasteiger partial charge on any atom is 0.275 e. The fourth-order valence-electron chi connectivity index (χ4n) is 2.33. The molecule has 0 aliphatic carbocycles. The zero-order valence-corrected chi connectivity index (χ0v) is 13.1. The Kier molecular flexibility index (Phi) is 5.30. The first-order valence-corrected chi connectivity index (χ1v) is 7.26. The van der Waals surface area contributed by atoms with Gasteiger partial charge in [-0.2, -0.15) is 5.10 Å². The monoisotopic (exact) mass is 320 g/mol. The van der Waals surface area contributed by atoms with Gasteiger partial charge in [0.1, 0.15) is 0 Å². The molecule has 0 unspecified atom stereocenters. The fraction of sp³-hybridized carbons (Fsp3) is 0.400. The number of H-pyrrole nitrogens is 1. The van der Waals surface area contributed by atoms with Gasteiger partial charge in [0.05, 0.1) is 43.2 Å². The first kappa shape index (κ1) is 16.9. The van der Waals surface area contributed by atoms with Gasteiger partial charge in [0.2, 0.25) is 0 Å². The van der Waals surface area contributed by atoms with Gasteiger partial charge in [0.25, 0.3) is 11.5 Å². The van der Waals surface area contributed by atoms with Crippen molar-refractivity contribution in [2.24, 2.45) is 5.10 Å². The molecule has 0 bridgehead atoms. The number of carbonyl (C=O) groups is 1. The molecule has 0 fully saturated rings. The SMILES string of the molecule is CC1=NN(CCO)C(=O)C1=CC=Cc1c(C)[nH]n(CCO)c1=O. The maximum absolute atomic E-state index is 12.1. The number of nitrogens with one attached hydrogen (secondary N) is 1. The summed E-state index contributed by atoms with van der Waals surface area (Å²) in [5.74, 6) is -0.273. The largest absolute Gasteiger partial charge is 0.394 e. The highest BCUT2D eigenvalue weighted by atomic mass is 16.3. The highest BCUT2D eigenvalue weighted by Gasteiger charge is 2.26. The fourth-order valence-corrected chi connectivity index (χ4v) is 2.33. The van der Waals surface area contributed by atoms with Crippen molar-refractivity contribution in [3.8, 4) is 0 Å². The van der Waals surface area contributed by atoms with E-state index in [9.17, 15) is 9.59 Å². The van der Waals surface area contributed by atoms with Crippen LogP contribution in [-0.4, -0.2) is 56.4 Å². The molecule has 1 aliphatic heterocycles. The molecule has 0 radical (unpaired) electrons. The minimum atomic E-state index is -0.273. The zero-order valence-electron chi connectivity index (χ0n) is 13.1. The van der Waals surface area contributed by atoms with E-state index in [4.69, 9.17) is 10.2 Å². The number of allylic oxidation sites excluding steroid dienone is 2. The van der Waals surface area contributed by atoms with Crippen molar-refractivity contribution in [2.45, 2.75) is 20.4 Å². The summed E-state index contributed by atoms with van der Waals surface area (Å²) in [5, 5.41) is 26.0. The minimum absolute atomic E-state index is 0.127. The van der Waals surface area contributed by atoms with Gasteiger partial charge in [-0.15, -0.1) is 0 Å². The van der Waals surface area contributed by atoms with E-state index < -0.39 is 0 Å². The summed E-state index contributed by atoms with van der Waals surface area (Å²) >= 11 is 0. The number of rotatable bonds is 6. The third-order valence-corrected chi connectivity index (χ3v) is 3.47. The van der Waals surface area contributed by atoms with E-state index in [1.54, 1.807) is 32.1 Å². The summed E-state index contributed by atoms with van der Waals surface area (Å²) in [7, 11) is 0. The van der Waals surface area contributed by atoms with E-state index in [-0.39, 0.29) is 37.8 Å². The second-order valence-corrected chi connectivity index (χ2v) is 5.11. The summed E-state index contributed by atoms with van der Waals surface area (Å²) in [6.07, 6.45) is 4.83. The number of hydrogen-bond donors (Lipinski definition) is 3. The lowest BCUT2D eigenvalue weighted by Crippen LogP contribution is -2.25. The molecule has 0 saturated heterocycles. The van der Waals surface area contributed by atoms with Crippen molar-refractivity contribution in [1.29, 1.82) is 0 Å². The molecule has 124 valence electrons. The van der Waals surface area contributed by atoms with E-state index >= 15 is 0 Å². The van der Waals surface area contributed by atoms with Crippen molar-refractivity contribution in [3.63, 3.8) is 0 Å². The molecule has 8 nitrogen and oxygen atoms in total. The molecular formula is C15H20N4O4. The van der Waals surface area contributed by atoms with Crippen LogP contribution < -0.4 is 5.56 Å². The minimum Gasteiger partial charge on any atom is -0.394 e. The highest BCUT2D eigenvalue weighted by molar-refractivity contribution is 6.24. The van der Waals surface area contributed by atoms with Crippen molar-refractivity contribution in [1.82, 2.24) is 14.8 Å². The van der Waals surface area contributed by atoms with Crippen molar-refractivity contribution in [2.75, 3.05) is 19.8 Å². The number of aliphatic hydroxyl groups excluding tert-OH is 2. The topological polar surface area (TPSA) is 111 Å². The van der Waals surface area contributed by atoms with Crippen LogP contribution in [0, 0.1) is 6.92 Å². The Balaban J connectivity index is 2.21. The predicted octanol–water partition coefficient (Wildman–Crippen LogP) is -0.373. The molecule has 0 spiro atoms. The van der Waals surface area contributed by atoms with Crippen LogP contribution in [0.5, 0.6) is 0 Å². The van der Waals surface area contributed by atoms with E-state index in [2.05, 4.69) is 10.2 Å². The predicted molar refractivity (Wildman–Crippen MR) is 85.9 cm³/mol. The molecule has 23 heavy (non-hydrogen) atoms. The first-order chi connectivity index (χ1) is 11.0. The number of carbonyl (C=O) groups excluding carboxylic acids is 1. The van der Waals surface area contributed by atoms with Crippen molar-refractivity contribution in [3.05, 3.63) is 39.3 Å². The standard InChI is InChI=1S/C15H20N4O4/c1-10-12(14(22)18(16-10)6-8-20)4-3-5-13-11(2)17-19(7-9-21)15(13)23/h3-5,16,20-21H,6-9H2,1-2H3. The average Bonchev–Trinajstić information content (AvgIpc) is 2.92. The summed E-state index contributed by atoms with van der Waals surface area (Å²) in [4.78, 5) is 24.2. The van der Waals surface area contributed by atoms with Crippen LogP contribution in [0.2, 0.25) is 0 Å². The third kappa shape index (κ3) is 3.49. The second kappa shape index (κ2) is 7.21. The van der Waals surface area contributed by atoms with Crippen LogP contribution in [0.15, 0.2) is 27.6 Å². The first-order valence-electron chi connectivity index (χ1n) is 7.26. The lowest BCUT2D eigenvalue weighted by molar-refractivity contribution is -0.126. The van der Waals surface area contributed by atoms with Gasteiger partial charge in [0.15, 0.2) is 0 Å². The van der Waals surface area contributed by atoms with Gasteiger partial charge >= 0.3 is 0 Å². The lowest BCUT2D eigenvalue weighted by Gasteiger charge is -2.08. The van der Waals surface area contributed by atoms with E-state index in [1.807, 2.05) is 0 Å². The Morgan fingerprint density at radius 1 is 1.17 bits per heavy atom. The third-order valence-electron chi connectivity index (χ3n) is 3.47. The Hall–Kier alpha value is -2.45. The number of aromatic nitrogens is 2. The molecule has 2 heterocycles. The van der Waals surface area contributed by atoms with Crippen LogP contribution in [0.25, 0.3) is 6.08 Å². The molecule has 2 rings (SSSR count). The number of aromatic amines is 1. The van der Waals surface area contributed by atoms with Crippen LogP contribution >= 0.6 is 0 Å². The van der Waals surface area contributed by atoms with Gasteiger partial charge in [-0.05, 0) is 26.0 Å². The number of aliphatic hydroxyl groups is 2. The van der Waals surface area contributed by atoms with E-state index in [1.165, 1.54) is 9.69 Å². The Labute approximate surface area is 133 Å². The van der Waals surface area contributed by atoms with E-state index in [0.717, 1.165) is 0 Å². The molecule has 0 aromatic carbocycles. The number of nitrogens with zero attached hydrogens (tertiary/aromatic N) is 3. The molecule has 0 atom stereocenters. The molecule has 1 amide bonds. The summed E-state index contributed by atoms with van der Waals surface area (Å²) in [6.45, 7) is 3.55. The normalized spacial score (nSPS) is 16.9. The molecular weight excluding hydrogens is 300 g/mol. The van der Waals surface area contributed by atoms with Crippen LogP contribution in [-0.2, 0) is 11.3 Å². The van der Waals surface area contributed by atoms with Gasteiger partial charge in [-0.25, -0.2) is 5.01 Å². The smallest absolute Gasteiger partial charge is 0.275 e. The second-order valence-electron chi connectivity index (χ2n) is 5.11. The Morgan fingerprint density at radius 2 is 1.87 bits per heavy atom. The maximum atomic E-state index is 12.1. The number of hydrogen-bond acceptors (Lipinski definition) is 5. The average molecular weight is 320 g/mol. The van der Waals surface area contributed by atoms with Crippen LogP contribution in [0.1, 0.15) is 18.2 Å². The van der Waals surface area contributed by atoms with E-state index in [0.29, 0.717) is 22.5 Å². The van der Waals surface area contributed by atoms with Crippen LogP contribution in [0.4, 0.5) is 0 Å². The molecule has 1 aromatic rings. The lowest BCUT2D eigenvalue weighted by atomic mass is 10.1. The number of hydrazone groups is 1. The molecule has 0 saturated carbocycles. The Bertz CT molecular complexity index is 739. The quantitative estimate of drug-likeness (QED) is 0.621. The van der Waals surface area contributed by atoms with Crippen molar-refractivity contribution >= 4 is 17.7 Å². The number of amides is 1. The number of aryl methyl sites for hydroxylation is 1. The molecule has 1 aliphatic rings.